The van der Waals surface area contributed by atoms with Crippen LogP contribution in [0.5, 0.6) is 0 Å². The first-order valence-electron chi connectivity index (χ1n) is 7.02. The Kier molecular flexibility index (Phi) is 5.07. The summed E-state index contributed by atoms with van der Waals surface area (Å²) in [6.45, 7) is 6.20. The molecule has 0 aliphatic heterocycles. The van der Waals surface area contributed by atoms with Crippen molar-refractivity contribution >= 4 is 17.7 Å². The first-order chi connectivity index (χ1) is 10.0. The smallest absolute Gasteiger partial charge is 0.313 e. The summed E-state index contributed by atoms with van der Waals surface area (Å²) in [7, 11) is 0. The van der Waals surface area contributed by atoms with Gasteiger partial charge in [0.2, 0.25) is 0 Å². The number of benzene rings is 1. The van der Waals surface area contributed by atoms with Gasteiger partial charge in [-0.1, -0.05) is 37.2 Å². The third kappa shape index (κ3) is 3.88. The Balaban J connectivity index is 2.44. The lowest BCUT2D eigenvalue weighted by atomic mass is 10.1. The highest BCUT2D eigenvalue weighted by molar-refractivity contribution is 7.99. The summed E-state index contributed by atoms with van der Waals surface area (Å²) >= 11 is 1.31. The minimum atomic E-state index is -0.814. The lowest BCUT2D eigenvalue weighted by Crippen LogP contribution is -2.04. The third-order valence-corrected chi connectivity index (χ3v) is 4.15. The van der Waals surface area contributed by atoms with Crippen LogP contribution < -0.4 is 0 Å². The van der Waals surface area contributed by atoms with Crippen molar-refractivity contribution < 1.29 is 9.90 Å². The second-order valence-corrected chi connectivity index (χ2v) is 6.10. The number of carboxylic acids is 1. The zero-order valence-corrected chi connectivity index (χ0v) is 13.4. The van der Waals surface area contributed by atoms with Crippen LogP contribution in [-0.4, -0.2) is 26.6 Å². The molecule has 0 aliphatic rings. The van der Waals surface area contributed by atoms with Crippen molar-refractivity contribution in [3.8, 4) is 5.69 Å². The van der Waals surface area contributed by atoms with E-state index in [0.717, 1.165) is 40.4 Å². The average Bonchev–Trinajstić information content (AvgIpc) is 2.82. The molecule has 0 radical (unpaired) electrons. The van der Waals surface area contributed by atoms with Gasteiger partial charge in [-0.2, -0.15) is 5.10 Å². The first kappa shape index (κ1) is 15.6. The molecule has 0 fully saturated rings. The quantitative estimate of drug-likeness (QED) is 0.828. The van der Waals surface area contributed by atoms with Crippen LogP contribution in [-0.2, 0) is 11.2 Å². The molecule has 112 valence electrons. The van der Waals surface area contributed by atoms with E-state index in [-0.39, 0.29) is 5.75 Å². The van der Waals surface area contributed by atoms with Gasteiger partial charge in [0.15, 0.2) is 0 Å². The minimum absolute atomic E-state index is 0.0438. The Labute approximate surface area is 129 Å². The topological polar surface area (TPSA) is 55.1 Å². The predicted molar refractivity (Wildman–Crippen MR) is 85.4 cm³/mol. The number of aromatic nitrogens is 2. The second kappa shape index (κ2) is 6.80. The van der Waals surface area contributed by atoms with Crippen molar-refractivity contribution in [2.45, 2.75) is 38.6 Å². The number of thioether (sulfide) groups is 1. The molecule has 0 unspecified atom stereocenters. The van der Waals surface area contributed by atoms with E-state index in [1.165, 1.54) is 11.8 Å². The van der Waals surface area contributed by atoms with Gasteiger partial charge in [-0.25, -0.2) is 4.68 Å². The van der Waals surface area contributed by atoms with E-state index in [2.05, 4.69) is 30.2 Å². The van der Waals surface area contributed by atoms with Crippen LogP contribution in [0.2, 0.25) is 0 Å². The number of hydrogen-bond donors (Lipinski definition) is 1. The summed E-state index contributed by atoms with van der Waals surface area (Å²) in [6.07, 6.45) is 1.92. The summed E-state index contributed by atoms with van der Waals surface area (Å²) in [5, 5.41) is 14.4. The van der Waals surface area contributed by atoms with E-state index in [9.17, 15) is 4.79 Å². The number of hydrogen-bond acceptors (Lipinski definition) is 3. The highest BCUT2D eigenvalue weighted by Gasteiger charge is 2.13. The normalized spacial score (nSPS) is 10.8. The highest BCUT2D eigenvalue weighted by Crippen LogP contribution is 2.26. The number of carbonyl (C=O) groups is 1. The molecule has 21 heavy (non-hydrogen) atoms. The molecule has 0 aliphatic carbocycles. The molecule has 2 rings (SSSR count). The minimum Gasteiger partial charge on any atom is -0.481 e. The number of aliphatic carboxylic acids is 1. The maximum atomic E-state index is 10.8. The first-order valence-corrected chi connectivity index (χ1v) is 8.01. The van der Waals surface area contributed by atoms with Crippen LogP contribution in [0.4, 0.5) is 0 Å². The second-order valence-electron chi connectivity index (χ2n) is 5.11. The molecule has 0 amide bonds. The molecular weight excluding hydrogens is 284 g/mol. The summed E-state index contributed by atoms with van der Waals surface area (Å²) in [5.74, 6) is -0.770. The van der Waals surface area contributed by atoms with Crippen molar-refractivity contribution in [2.75, 3.05) is 5.75 Å². The molecule has 1 aromatic heterocycles. The Morgan fingerprint density at radius 3 is 2.76 bits per heavy atom. The maximum absolute atomic E-state index is 10.8. The SMILES string of the molecule is CCCc1cc(SCC(=O)O)n(-c2cc(C)ccc2C)n1. The van der Waals surface area contributed by atoms with Crippen molar-refractivity contribution in [1.29, 1.82) is 0 Å². The van der Waals surface area contributed by atoms with E-state index >= 15 is 0 Å². The Bertz CT molecular complexity index is 650. The van der Waals surface area contributed by atoms with Crippen LogP contribution in [0.15, 0.2) is 29.3 Å². The average molecular weight is 304 g/mol. The lowest BCUT2D eigenvalue weighted by molar-refractivity contribution is -0.133. The van der Waals surface area contributed by atoms with Crippen molar-refractivity contribution in [1.82, 2.24) is 9.78 Å². The van der Waals surface area contributed by atoms with E-state index in [1.54, 1.807) is 0 Å². The van der Waals surface area contributed by atoms with Gasteiger partial charge in [-0.15, -0.1) is 0 Å². The molecule has 1 heterocycles. The Hall–Kier alpha value is -1.75. The van der Waals surface area contributed by atoms with Crippen LogP contribution in [0, 0.1) is 13.8 Å². The third-order valence-electron chi connectivity index (χ3n) is 3.17. The molecule has 0 saturated carbocycles. The molecule has 0 saturated heterocycles. The van der Waals surface area contributed by atoms with Gasteiger partial charge in [0.25, 0.3) is 0 Å². The lowest BCUT2D eigenvalue weighted by Gasteiger charge is -2.10. The predicted octanol–water partition coefficient (Wildman–Crippen LogP) is 3.62. The fraction of sp³-hybridized carbons (Fsp3) is 0.375. The Morgan fingerprint density at radius 1 is 1.33 bits per heavy atom. The largest absolute Gasteiger partial charge is 0.481 e. The van der Waals surface area contributed by atoms with Crippen LogP contribution in [0.3, 0.4) is 0 Å². The summed E-state index contributed by atoms with van der Waals surface area (Å²) < 4.78 is 1.88. The number of carboxylic acid groups (broad SMARTS) is 1. The van der Waals surface area contributed by atoms with Crippen molar-refractivity contribution in [3.05, 3.63) is 41.1 Å². The maximum Gasteiger partial charge on any atom is 0.313 e. The molecule has 0 bridgehead atoms. The van der Waals surface area contributed by atoms with Crippen LogP contribution in [0.1, 0.15) is 30.2 Å². The van der Waals surface area contributed by atoms with Gasteiger partial charge in [-0.05, 0) is 43.5 Å². The van der Waals surface area contributed by atoms with Crippen LogP contribution >= 0.6 is 11.8 Å². The summed E-state index contributed by atoms with van der Waals surface area (Å²) in [4.78, 5) is 10.8. The summed E-state index contributed by atoms with van der Waals surface area (Å²) in [5.41, 5.74) is 4.32. The molecule has 5 heteroatoms. The molecule has 1 N–H and O–H groups in total. The van der Waals surface area contributed by atoms with Gasteiger partial charge in [0, 0.05) is 0 Å². The van der Waals surface area contributed by atoms with Gasteiger partial charge in [0.1, 0.15) is 5.03 Å². The fourth-order valence-corrected chi connectivity index (χ4v) is 2.90. The molecular formula is C16H20N2O2S. The number of aryl methyl sites for hydroxylation is 3. The van der Waals surface area contributed by atoms with E-state index in [0.29, 0.717) is 0 Å². The molecule has 0 spiro atoms. The highest BCUT2D eigenvalue weighted by atomic mass is 32.2. The molecule has 4 nitrogen and oxygen atoms in total. The van der Waals surface area contributed by atoms with Gasteiger partial charge in [0.05, 0.1) is 17.1 Å². The molecule has 1 aromatic carbocycles. The van der Waals surface area contributed by atoms with E-state index < -0.39 is 5.97 Å². The van der Waals surface area contributed by atoms with Crippen LogP contribution in [0.25, 0.3) is 5.69 Å². The van der Waals surface area contributed by atoms with Gasteiger partial charge >= 0.3 is 5.97 Å². The zero-order valence-electron chi connectivity index (χ0n) is 12.6. The molecule has 0 atom stereocenters. The van der Waals surface area contributed by atoms with Gasteiger partial charge < -0.3 is 5.11 Å². The zero-order chi connectivity index (χ0) is 15.4. The monoisotopic (exact) mass is 304 g/mol. The van der Waals surface area contributed by atoms with Crippen molar-refractivity contribution in [3.63, 3.8) is 0 Å². The van der Waals surface area contributed by atoms with Crippen molar-refractivity contribution in [2.24, 2.45) is 0 Å². The fourth-order valence-electron chi connectivity index (χ4n) is 2.15. The van der Waals surface area contributed by atoms with E-state index in [4.69, 9.17) is 5.11 Å². The molecule has 2 aromatic rings. The Morgan fingerprint density at radius 2 is 2.10 bits per heavy atom. The van der Waals surface area contributed by atoms with Gasteiger partial charge in [-0.3, -0.25) is 4.79 Å². The number of rotatable bonds is 6. The van der Waals surface area contributed by atoms with E-state index in [1.807, 2.05) is 24.6 Å². The standard InChI is InChI=1S/C16H20N2O2S/c1-4-5-13-9-15(21-10-16(19)20)18(17-13)14-8-11(2)6-7-12(14)3/h6-9H,4-5,10H2,1-3H3,(H,19,20). The number of nitrogens with zero attached hydrogens (tertiary/aromatic N) is 2. The summed E-state index contributed by atoms with van der Waals surface area (Å²) in [6, 6.07) is 8.22.